The second-order valence-corrected chi connectivity index (χ2v) is 7.17. The summed E-state index contributed by atoms with van der Waals surface area (Å²) in [7, 11) is 0. The summed E-state index contributed by atoms with van der Waals surface area (Å²) in [4.78, 5) is 2.68. The van der Waals surface area contributed by atoms with Gasteiger partial charge in [-0.1, -0.05) is 12.8 Å². The zero-order valence-corrected chi connectivity index (χ0v) is 12.0. The Hall–Kier alpha value is -0.0800. The molecule has 17 heavy (non-hydrogen) atoms. The Labute approximate surface area is 107 Å². The lowest BCUT2D eigenvalue weighted by atomic mass is 10.1. The van der Waals surface area contributed by atoms with Gasteiger partial charge in [0.05, 0.1) is 0 Å². The van der Waals surface area contributed by atoms with Crippen molar-refractivity contribution in [3.8, 4) is 0 Å². The first-order valence-electron chi connectivity index (χ1n) is 7.50. The van der Waals surface area contributed by atoms with Gasteiger partial charge >= 0.3 is 0 Å². The SMILES string of the molecule is CC(C)(C)NCC1CCN(CCCC2CC2)C1. The van der Waals surface area contributed by atoms with Gasteiger partial charge in [-0.25, -0.2) is 0 Å². The molecule has 2 rings (SSSR count). The van der Waals surface area contributed by atoms with Crippen molar-refractivity contribution in [2.24, 2.45) is 11.8 Å². The zero-order valence-electron chi connectivity index (χ0n) is 12.0. The standard InChI is InChI=1S/C15H30N2/c1-15(2,3)16-11-14-8-10-17(12-14)9-4-5-13-6-7-13/h13-14,16H,4-12H2,1-3H3. The van der Waals surface area contributed by atoms with Gasteiger partial charge in [-0.2, -0.15) is 0 Å². The number of nitrogens with one attached hydrogen (secondary N) is 1. The number of hydrogen-bond acceptors (Lipinski definition) is 2. The van der Waals surface area contributed by atoms with Crippen molar-refractivity contribution < 1.29 is 0 Å². The maximum Gasteiger partial charge on any atom is 0.00966 e. The summed E-state index contributed by atoms with van der Waals surface area (Å²) in [6.45, 7) is 12.0. The van der Waals surface area contributed by atoms with Gasteiger partial charge in [0, 0.05) is 12.1 Å². The van der Waals surface area contributed by atoms with Gasteiger partial charge in [0.1, 0.15) is 0 Å². The monoisotopic (exact) mass is 238 g/mol. The fraction of sp³-hybridized carbons (Fsp3) is 1.00. The molecule has 0 bridgehead atoms. The van der Waals surface area contributed by atoms with E-state index in [0.717, 1.165) is 11.8 Å². The molecule has 1 aliphatic carbocycles. The van der Waals surface area contributed by atoms with Gasteiger partial charge < -0.3 is 10.2 Å². The van der Waals surface area contributed by atoms with Crippen molar-refractivity contribution in [2.45, 2.75) is 58.4 Å². The van der Waals surface area contributed by atoms with Crippen molar-refractivity contribution in [2.75, 3.05) is 26.2 Å². The first-order chi connectivity index (χ1) is 8.03. The summed E-state index contributed by atoms with van der Waals surface area (Å²) in [5.41, 5.74) is 0.277. The molecule has 1 atom stereocenters. The number of hydrogen-bond donors (Lipinski definition) is 1. The van der Waals surface area contributed by atoms with Crippen LogP contribution in [0.25, 0.3) is 0 Å². The molecule has 2 heteroatoms. The Morgan fingerprint density at radius 1 is 1.12 bits per heavy atom. The van der Waals surface area contributed by atoms with Crippen LogP contribution in [0.15, 0.2) is 0 Å². The minimum atomic E-state index is 0.277. The van der Waals surface area contributed by atoms with E-state index in [0.29, 0.717) is 0 Å². The van der Waals surface area contributed by atoms with Gasteiger partial charge in [0.2, 0.25) is 0 Å². The Kier molecular flexibility index (Phi) is 4.48. The molecular formula is C15H30N2. The van der Waals surface area contributed by atoms with E-state index in [-0.39, 0.29) is 5.54 Å². The summed E-state index contributed by atoms with van der Waals surface area (Å²) in [5.74, 6) is 1.99. The van der Waals surface area contributed by atoms with Crippen LogP contribution < -0.4 is 5.32 Å². The Bertz CT molecular complexity index is 228. The molecule has 1 unspecified atom stereocenters. The van der Waals surface area contributed by atoms with Gasteiger partial charge in [0.25, 0.3) is 0 Å². The molecule has 0 amide bonds. The summed E-state index contributed by atoms with van der Waals surface area (Å²) in [6.07, 6.45) is 7.34. The van der Waals surface area contributed by atoms with Crippen LogP contribution in [0.3, 0.4) is 0 Å². The minimum Gasteiger partial charge on any atom is -0.312 e. The van der Waals surface area contributed by atoms with Gasteiger partial charge in [-0.05, 0) is 71.5 Å². The first-order valence-corrected chi connectivity index (χ1v) is 7.50. The molecule has 100 valence electrons. The average Bonchev–Trinajstić information content (AvgIpc) is 2.93. The van der Waals surface area contributed by atoms with E-state index in [4.69, 9.17) is 0 Å². The van der Waals surface area contributed by atoms with Gasteiger partial charge in [0.15, 0.2) is 0 Å². The van der Waals surface area contributed by atoms with Crippen molar-refractivity contribution in [3.05, 3.63) is 0 Å². The van der Waals surface area contributed by atoms with E-state index in [1.807, 2.05) is 0 Å². The first kappa shape index (κ1) is 13.4. The molecule has 0 aromatic rings. The molecule has 1 saturated heterocycles. The Morgan fingerprint density at radius 2 is 1.88 bits per heavy atom. The zero-order chi connectivity index (χ0) is 12.3. The third kappa shape index (κ3) is 5.39. The predicted octanol–water partition coefficient (Wildman–Crippen LogP) is 2.89. The number of rotatable bonds is 6. The van der Waals surface area contributed by atoms with Crippen molar-refractivity contribution in [1.82, 2.24) is 10.2 Å². The van der Waals surface area contributed by atoms with Crippen LogP contribution in [0.1, 0.15) is 52.9 Å². The molecule has 0 spiro atoms. The molecule has 1 aliphatic heterocycles. The molecule has 1 heterocycles. The molecule has 2 nitrogen and oxygen atoms in total. The van der Waals surface area contributed by atoms with Gasteiger partial charge in [-0.15, -0.1) is 0 Å². The third-order valence-electron chi connectivity index (χ3n) is 4.07. The predicted molar refractivity (Wildman–Crippen MR) is 74.3 cm³/mol. The quantitative estimate of drug-likeness (QED) is 0.765. The fourth-order valence-electron chi connectivity index (χ4n) is 2.74. The molecule has 0 aromatic heterocycles. The highest BCUT2D eigenvalue weighted by atomic mass is 15.1. The maximum absolute atomic E-state index is 3.64. The highest BCUT2D eigenvalue weighted by molar-refractivity contribution is 4.81. The van der Waals surface area contributed by atoms with E-state index < -0.39 is 0 Å². The average molecular weight is 238 g/mol. The van der Waals surface area contributed by atoms with Crippen LogP contribution in [0.2, 0.25) is 0 Å². The molecule has 1 saturated carbocycles. The van der Waals surface area contributed by atoms with Crippen molar-refractivity contribution in [1.29, 1.82) is 0 Å². The molecule has 1 N–H and O–H groups in total. The second-order valence-electron chi connectivity index (χ2n) is 7.17. The third-order valence-corrected chi connectivity index (χ3v) is 4.07. The van der Waals surface area contributed by atoms with E-state index in [1.54, 1.807) is 0 Å². The summed E-state index contributed by atoms with van der Waals surface area (Å²) < 4.78 is 0. The van der Waals surface area contributed by atoms with Gasteiger partial charge in [-0.3, -0.25) is 0 Å². The van der Waals surface area contributed by atoms with Crippen molar-refractivity contribution in [3.63, 3.8) is 0 Å². The Morgan fingerprint density at radius 3 is 2.53 bits per heavy atom. The molecule has 0 radical (unpaired) electrons. The van der Waals surface area contributed by atoms with Crippen LogP contribution in [-0.4, -0.2) is 36.6 Å². The van der Waals surface area contributed by atoms with Crippen LogP contribution in [-0.2, 0) is 0 Å². The number of nitrogens with zero attached hydrogens (tertiary/aromatic N) is 1. The molecule has 2 fully saturated rings. The Balaban J connectivity index is 1.54. The summed E-state index contributed by atoms with van der Waals surface area (Å²) >= 11 is 0. The highest BCUT2D eigenvalue weighted by Crippen LogP contribution is 2.33. The van der Waals surface area contributed by atoms with E-state index in [1.165, 1.54) is 58.3 Å². The fourth-order valence-corrected chi connectivity index (χ4v) is 2.74. The smallest absolute Gasteiger partial charge is 0.00966 e. The lowest BCUT2D eigenvalue weighted by Crippen LogP contribution is -2.39. The number of likely N-dealkylation sites (tertiary alicyclic amines) is 1. The van der Waals surface area contributed by atoms with E-state index in [2.05, 4.69) is 31.0 Å². The second kappa shape index (κ2) is 5.71. The highest BCUT2D eigenvalue weighted by Gasteiger charge is 2.25. The molecule has 0 aromatic carbocycles. The van der Waals surface area contributed by atoms with E-state index >= 15 is 0 Å². The van der Waals surface area contributed by atoms with Crippen LogP contribution in [0.4, 0.5) is 0 Å². The maximum atomic E-state index is 3.64. The minimum absolute atomic E-state index is 0.277. The van der Waals surface area contributed by atoms with Crippen molar-refractivity contribution >= 4 is 0 Å². The largest absolute Gasteiger partial charge is 0.312 e. The topological polar surface area (TPSA) is 15.3 Å². The molecular weight excluding hydrogens is 208 g/mol. The normalized spacial score (nSPS) is 26.6. The van der Waals surface area contributed by atoms with Crippen LogP contribution in [0.5, 0.6) is 0 Å². The lowest BCUT2D eigenvalue weighted by molar-refractivity contribution is 0.303. The summed E-state index contributed by atoms with van der Waals surface area (Å²) in [6, 6.07) is 0. The van der Waals surface area contributed by atoms with Crippen LogP contribution >= 0.6 is 0 Å². The molecule has 2 aliphatic rings. The van der Waals surface area contributed by atoms with Crippen LogP contribution in [0, 0.1) is 11.8 Å². The van der Waals surface area contributed by atoms with E-state index in [9.17, 15) is 0 Å². The summed E-state index contributed by atoms with van der Waals surface area (Å²) in [5, 5.41) is 3.64. The lowest BCUT2D eigenvalue weighted by Gasteiger charge is -2.23.